The Bertz CT molecular complexity index is 657. The Labute approximate surface area is 123 Å². The van der Waals surface area contributed by atoms with E-state index in [2.05, 4.69) is 5.32 Å². The molecule has 1 atom stereocenters. The zero-order valence-corrected chi connectivity index (χ0v) is 12.0. The van der Waals surface area contributed by atoms with Crippen LogP contribution in [-0.4, -0.2) is 18.1 Å². The number of phenols is 1. The fraction of sp³-hybridized carbons (Fsp3) is 0.188. The van der Waals surface area contributed by atoms with Crippen LogP contribution < -0.4 is 15.8 Å². The van der Waals surface area contributed by atoms with Crippen molar-refractivity contribution >= 4 is 11.6 Å². The lowest BCUT2D eigenvalue weighted by Crippen LogP contribution is -2.45. The van der Waals surface area contributed by atoms with Crippen LogP contribution in [0.4, 0.5) is 5.69 Å². The third kappa shape index (κ3) is 3.08. The Balaban J connectivity index is 2.40. The Morgan fingerprint density at radius 2 is 1.95 bits per heavy atom. The summed E-state index contributed by atoms with van der Waals surface area (Å²) < 4.78 is 5.16. The number of ether oxygens (including phenoxy) is 1. The first-order valence-electron chi connectivity index (χ1n) is 6.47. The molecule has 1 unspecified atom stereocenters. The second kappa shape index (κ2) is 5.75. The molecule has 2 rings (SSSR count). The van der Waals surface area contributed by atoms with Gasteiger partial charge in [0.15, 0.2) is 0 Å². The molecule has 5 heteroatoms. The van der Waals surface area contributed by atoms with Crippen LogP contribution in [0.1, 0.15) is 12.5 Å². The second-order valence-electron chi connectivity index (χ2n) is 4.90. The topological polar surface area (TPSA) is 84.6 Å². The molecule has 5 nitrogen and oxygen atoms in total. The van der Waals surface area contributed by atoms with Crippen LogP contribution in [-0.2, 0) is 10.3 Å². The van der Waals surface area contributed by atoms with Crippen molar-refractivity contribution in [2.75, 3.05) is 12.4 Å². The molecule has 2 aromatic rings. The molecule has 1 amide bonds. The molecule has 0 radical (unpaired) electrons. The largest absolute Gasteiger partial charge is 0.508 e. The van der Waals surface area contributed by atoms with E-state index in [-0.39, 0.29) is 5.75 Å². The number of carbonyl (C=O) groups excluding carboxylic acids is 1. The maximum Gasteiger partial charge on any atom is 0.247 e. The Morgan fingerprint density at radius 1 is 1.24 bits per heavy atom. The number of carbonyl (C=O) groups is 1. The number of primary amides is 1. The SMILES string of the molecule is COc1cccc(NC(C)(C(N)=O)c2cccc(O)c2)c1. The summed E-state index contributed by atoms with van der Waals surface area (Å²) in [4.78, 5) is 11.9. The first-order valence-corrected chi connectivity index (χ1v) is 6.47. The van der Waals surface area contributed by atoms with Gasteiger partial charge in [0.2, 0.25) is 5.91 Å². The van der Waals surface area contributed by atoms with E-state index in [9.17, 15) is 9.90 Å². The molecule has 0 aliphatic heterocycles. The van der Waals surface area contributed by atoms with Gasteiger partial charge >= 0.3 is 0 Å². The highest BCUT2D eigenvalue weighted by atomic mass is 16.5. The zero-order chi connectivity index (χ0) is 15.5. The molecule has 0 aliphatic rings. The molecule has 2 aromatic carbocycles. The van der Waals surface area contributed by atoms with Crippen LogP contribution in [0.25, 0.3) is 0 Å². The minimum Gasteiger partial charge on any atom is -0.508 e. The van der Waals surface area contributed by atoms with Crippen LogP contribution >= 0.6 is 0 Å². The van der Waals surface area contributed by atoms with E-state index in [0.717, 1.165) is 0 Å². The predicted octanol–water partition coefficient (Wildman–Crippen LogP) is 2.21. The molecule has 0 aliphatic carbocycles. The number of aromatic hydroxyl groups is 1. The van der Waals surface area contributed by atoms with Crippen molar-refractivity contribution in [3.8, 4) is 11.5 Å². The monoisotopic (exact) mass is 286 g/mol. The van der Waals surface area contributed by atoms with Crippen molar-refractivity contribution in [3.63, 3.8) is 0 Å². The van der Waals surface area contributed by atoms with E-state index in [0.29, 0.717) is 17.0 Å². The van der Waals surface area contributed by atoms with Crippen LogP contribution in [0.2, 0.25) is 0 Å². The lowest BCUT2D eigenvalue weighted by molar-refractivity contribution is -0.122. The molecule has 4 N–H and O–H groups in total. The minimum atomic E-state index is -1.15. The van der Waals surface area contributed by atoms with E-state index >= 15 is 0 Å². The Hall–Kier alpha value is -2.69. The number of hydrogen-bond donors (Lipinski definition) is 3. The van der Waals surface area contributed by atoms with E-state index < -0.39 is 11.4 Å². The summed E-state index contributed by atoms with van der Waals surface area (Å²) in [5.74, 6) is 0.200. The fourth-order valence-electron chi connectivity index (χ4n) is 2.08. The van der Waals surface area contributed by atoms with Crippen LogP contribution in [0.3, 0.4) is 0 Å². The van der Waals surface area contributed by atoms with E-state index in [1.165, 1.54) is 12.1 Å². The fourth-order valence-corrected chi connectivity index (χ4v) is 2.08. The van der Waals surface area contributed by atoms with Crippen LogP contribution in [0.15, 0.2) is 48.5 Å². The lowest BCUT2D eigenvalue weighted by Gasteiger charge is -2.29. The molecule has 21 heavy (non-hydrogen) atoms. The first kappa shape index (κ1) is 14.7. The van der Waals surface area contributed by atoms with Gasteiger partial charge in [0.05, 0.1) is 7.11 Å². The quantitative estimate of drug-likeness (QED) is 0.786. The summed E-state index contributed by atoms with van der Waals surface area (Å²) in [6.45, 7) is 1.67. The number of methoxy groups -OCH3 is 1. The number of anilines is 1. The molecular formula is C16H18N2O3. The van der Waals surface area contributed by atoms with Gasteiger partial charge in [-0.15, -0.1) is 0 Å². The summed E-state index contributed by atoms with van der Waals surface area (Å²) in [5, 5.41) is 12.7. The lowest BCUT2D eigenvalue weighted by atomic mass is 9.90. The molecule has 0 saturated carbocycles. The highest BCUT2D eigenvalue weighted by Gasteiger charge is 2.33. The molecule has 0 bridgehead atoms. The van der Waals surface area contributed by atoms with Crippen molar-refractivity contribution < 1.29 is 14.6 Å². The number of rotatable bonds is 5. The van der Waals surface area contributed by atoms with E-state index in [4.69, 9.17) is 10.5 Å². The summed E-state index contributed by atoms with van der Waals surface area (Å²) in [7, 11) is 1.57. The summed E-state index contributed by atoms with van der Waals surface area (Å²) in [6, 6.07) is 13.6. The number of nitrogens with one attached hydrogen (secondary N) is 1. The van der Waals surface area contributed by atoms with Gasteiger partial charge in [-0.05, 0) is 36.8 Å². The maximum atomic E-state index is 11.9. The maximum absolute atomic E-state index is 11.9. The number of benzene rings is 2. The molecule has 0 fully saturated rings. The minimum absolute atomic E-state index is 0.0763. The van der Waals surface area contributed by atoms with Crippen molar-refractivity contribution in [2.45, 2.75) is 12.5 Å². The smallest absolute Gasteiger partial charge is 0.247 e. The molecule has 0 heterocycles. The Kier molecular flexibility index (Phi) is 4.03. The normalized spacial score (nSPS) is 13.2. The number of phenolic OH excluding ortho intramolecular Hbond substituents is 1. The highest BCUT2D eigenvalue weighted by Crippen LogP contribution is 2.29. The highest BCUT2D eigenvalue weighted by molar-refractivity contribution is 5.89. The summed E-state index contributed by atoms with van der Waals surface area (Å²) in [5.41, 5.74) is 5.68. The third-order valence-electron chi connectivity index (χ3n) is 3.38. The molecule has 0 saturated heterocycles. The number of nitrogens with two attached hydrogens (primary N) is 1. The van der Waals surface area contributed by atoms with Gasteiger partial charge in [0.25, 0.3) is 0 Å². The zero-order valence-electron chi connectivity index (χ0n) is 12.0. The van der Waals surface area contributed by atoms with Crippen molar-refractivity contribution in [1.82, 2.24) is 0 Å². The van der Waals surface area contributed by atoms with Gasteiger partial charge in [-0.3, -0.25) is 4.79 Å². The molecular weight excluding hydrogens is 268 g/mol. The third-order valence-corrected chi connectivity index (χ3v) is 3.38. The average Bonchev–Trinajstić information content (AvgIpc) is 2.47. The van der Waals surface area contributed by atoms with Gasteiger partial charge in [-0.2, -0.15) is 0 Å². The van der Waals surface area contributed by atoms with E-state index in [1.54, 1.807) is 38.3 Å². The first-order chi connectivity index (χ1) is 9.95. The number of amides is 1. The van der Waals surface area contributed by atoms with Crippen LogP contribution in [0.5, 0.6) is 11.5 Å². The van der Waals surface area contributed by atoms with Gasteiger partial charge < -0.3 is 20.9 Å². The molecule has 0 aromatic heterocycles. The summed E-state index contributed by atoms with van der Waals surface area (Å²) >= 11 is 0. The molecule has 0 spiro atoms. The molecule has 110 valence electrons. The summed E-state index contributed by atoms with van der Waals surface area (Å²) in [6.07, 6.45) is 0. The number of hydrogen-bond acceptors (Lipinski definition) is 4. The van der Waals surface area contributed by atoms with Gasteiger partial charge in [0, 0.05) is 11.8 Å². The van der Waals surface area contributed by atoms with Crippen molar-refractivity contribution in [1.29, 1.82) is 0 Å². The van der Waals surface area contributed by atoms with E-state index in [1.807, 2.05) is 12.1 Å². The van der Waals surface area contributed by atoms with Gasteiger partial charge in [0.1, 0.15) is 17.0 Å². The second-order valence-corrected chi connectivity index (χ2v) is 4.90. The predicted molar refractivity (Wildman–Crippen MR) is 81.3 cm³/mol. The van der Waals surface area contributed by atoms with Gasteiger partial charge in [-0.25, -0.2) is 0 Å². The van der Waals surface area contributed by atoms with Crippen molar-refractivity contribution in [2.24, 2.45) is 5.73 Å². The average molecular weight is 286 g/mol. The standard InChI is InChI=1S/C16H18N2O3/c1-16(15(17)20,11-5-3-7-13(19)9-11)18-12-6-4-8-14(10-12)21-2/h3-10,18-19H,1-2H3,(H2,17,20). The van der Waals surface area contributed by atoms with Crippen molar-refractivity contribution in [3.05, 3.63) is 54.1 Å². The van der Waals surface area contributed by atoms with Gasteiger partial charge in [-0.1, -0.05) is 18.2 Å². The van der Waals surface area contributed by atoms with Crippen LogP contribution in [0, 0.1) is 0 Å². The Morgan fingerprint density at radius 3 is 2.57 bits per heavy atom.